The van der Waals surface area contributed by atoms with E-state index in [-0.39, 0.29) is 5.91 Å². The third kappa shape index (κ3) is 4.21. The highest BCUT2D eigenvalue weighted by Gasteiger charge is 2.21. The van der Waals surface area contributed by atoms with Crippen LogP contribution in [-0.2, 0) is 4.74 Å². The minimum Gasteiger partial charge on any atom is -0.493 e. The van der Waals surface area contributed by atoms with Crippen molar-refractivity contribution in [2.75, 3.05) is 32.9 Å². The zero-order valence-corrected chi connectivity index (χ0v) is 19.7. The Kier molecular flexibility index (Phi) is 5.58. The number of pyridine rings is 2. The lowest BCUT2D eigenvalue weighted by Gasteiger charge is -2.24. The summed E-state index contributed by atoms with van der Waals surface area (Å²) in [6.45, 7) is 5.26. The van der Waals surface area contributed by atoms with E-state index in [9.17, 15) is 4.79 Å². The molecule has 0 saturated carbocycles. The quantitative estimate of drug-likeness (QED) is 0.440. The molecule has 5 aromatic rings. The van der Waals surface area contributed by atoms with E-state index < -0.39 is 0 Å². The van der Waals surface area contributed by atoms with Gasteiger partial charge in [-0.3, -0.25) is 14.4 Å². The maximum atomic E-state index is 13.9. The Morgan fingerprint density at radius 1 is 0.886 bits per heavy atom. The molecule has 0 aliphatic carbocycles. The summed E-state index contributed by atoms with van der Waals surface area (Å²) < 4.78 is 13.2. The first kappa shape index (κ1) is 21.6. The van der Waals surface area contributed by atoms with Crippen LogP contribution in [0.25, 0.3) is 28.1 Å². The summed E-state index contributed by atoms with van der Waals surface area (Å²) in [6.07, 6.45) is 2.51. The minimum atomic E-state index is -0.0598. The van der Waals surface area contributed by atoms with Gasteiger partial charge in [-0.25, -0.2) is 0 Å². The Hall–Kier alpha value is -3.90. The molecule has 6 heteroatoms. The highest BCUT2D eigenvalue weighted by Crippen LogP contribution is 2.31. The van der Waals surface area contributed by atoms with E-state index in [0.717, 1.165) is 33.3 Å². The second kappa shape index (κ2) is 9.04. The molecule has 35 heavy (non-hydrogen) atoms. The second-order valence-electron chi connectivity index (χ2n) is 9.06. The van der Waals surface area contributed by atoms with Gasteiger partial charge in [-0.2, -0.15) is 5.10 Å². The largest absolute Gasteiger partial charge is 0.493 e. The summed E-state index contributed by atoms with van der Waals surface area (Å²) in [5, 5.41) is 7.79. The smallest absolute Gasteiger partial charge is 0.260 e. The van der Waals surface area contributed by atoms with E-state index in [0.29, 0.717) is 50.4 Å². The standard InChI is InChI=1S/C29H27N3O3/c1-20-2-4-21(5-3-20)23-8-11-27-25(18-23)19-24(12-15-35-27)29(33)32-26-9-6-22(7-10-26)28(32)30-31-13-16-34-17-14-31/h2-11,18-19H,12-17H2,1H3/b30-28+. The van der Waals surface area contributed by atoms with Gasteiger partial charge in [0.15, 0.2) is 5.49 Å². The van der Waals surface area contributed by atoms with Crippen molar-refractivity contribution in [2.45, 2.75) is 13.3 Å². The first-order valence-corrected chi connectivity index (χ1v) is 12.1. The van der Waals surface area contributed by atoms with Crippen molar-refractivity contribution < 1.29 is 14.3 Å². The number of morpholine rings is 1. The molecule has 0 unspecified atom stereocenters. The van der Waals surface area contributed by atoms with Crippen LogP contribution < -0.4 is 10.2 Å². The fourth-order valence-electron chi connectivity index (χ4n) is 4.68. The van der Waals surface area contributed by atoms with Gasteiger partial charge in [-0.05, 0) is 60.5 Å². The summed E-state index contributed by atoms with van der Waals surface area (Å²) in [5.74, 6) is 0.739. The summed E-state index contributed by atoms with van der Waals surface area (Å²) in [7, 11) is 0. The third-order valence-corrected chi connectivity index (χ3v) is 6.65. The number of fused-ring (bicyclic) bond motifs is 4. The predicted molar refractivity (Wildman–Crippen MR) is 136 cm³/mol. The molecule has 1 saturated heterocycles. The molecule has 0 spiro atoms. The predicted octanol–water partition coefficient (Wildman–Crippen LogP) is 4.71. The molecule has 2 aromatic heterocycles. The van der Waals surface area contributed by atoms with Crippen molar-refractivity contribution in [2.24, 2.45) is 5.10 Å². The number of nitrogens with zero attached hydrogens (tertiary/aromatic N) is 3. The van der Waals surface area contributed by atoms with E-state index in [1.807, 2.05) is 41.4 Å². The van der Waals surface area contributed by atoms with Crippen molar-refractivity contribution in [3.8, 4) is 16.9 Å². The SMILES string of the molecule is Cc1ccc(-c2ccc3c(c2)C=C(C(=O)n2/c(=N/N4CCOCC4)c4ccc2cc4)CCO3)cc1. The van der Waals surface area contributed by atoms with Crippen LogP contribution in [0.4, 0.5) is 0 Å². The number of ether oxygens (including phenoxy) is 2. The zero-order valence-electron chi connectivity index (χ0n) is 19.7. The van der Waals surface area contributed by atoms with Gasteiger partial charge in [-0.15, -0.1) is 0 Å². The number of carbonyl (C=O) groups is 1. The topological polar surface area (TPSA) is 56.1 Å². The van der Waals surface area contributed by atoms with Crippen LogP contribution in [0.15, 0.2) is 77.4 Å². The Balaban J connectivity index is 1.41. The fraction of sp³-hybridized carbons (Fsp3) is 0.241. The Bertz CT molecular complexity index is 1460. The molecule has 0 amide bonds. The van der Waals surface area contributed by atoms with E-state index >= 15 is 0 Å². The number of hydrogen-bond acceptors (Lipinski definition) is 5. The summed E-state index contributed by atoms with van der Waals surface area (Å²) in [6, 6.07) is 22.6. The molecule has 3 aromatic carbocycles. The van der Waals surface area contributed by atoms with Gasteiger partial charge in [0.25, 0.3) is 5.91 Å². The van der Waals surface area contributed by atoms with Crippen LogP contribution in [0, 0.1) is 6.92 Å². The van der Waals surface area contributed by atoms with E-state index in [1.165, 1.54) is 5.56 Å². The molecule has 1 fully saturated rings. The first-order chi connectivity index (χ1) is 17.2. The fourth-order valence-corrected chi connectivity index (χ4v) is 4.68. The molecule has 7 rings (SSSR count). The maximum Gasteiger partial charge on any atom is 0.260 e. The Labute approximate surface area is 204 Å². The van der Waals surface area contributed by atoms with Gasteiger partial charge in [0.2, 0.25) is 0 Å². The third-order valence-electron chi connectivity index (χ3n) is 6.65. The van der Waals surface area contributed by atoms with Gasteiger partial charge < -0.3 is 9.47 Å². The average molecular weight is 466 g/mol. The number of aryl methyl sites for hydroxylation is 1. The molecule has 0 N–H and O–H groups in total. The molecule has 0 atom stereocenters. The van der Waals surface area contributed by atoms with Crippen molar-refractivity contribution in [3.05, 3.63) is 88.9 Å². The van der Waals surface area contributed by atoms with Gasteiger partial charge in [-0.1, -0.05) is 35.9 Å². The summed E-state index contributed by atoms with van der Waals surface area (Å²) in [4.78, 5) is 13.9. The van der Waals surface area contributed by atoms with Crippen LogP contribution in [-0.4, -0.2) is 48.4 Å². The van der Waals surface area contributed by atoms with Crippen molar-refractivity contribution in [3.63, 3.8) is 0 Å². The van der Waals surface area contributed by atoms with Crippen LogP contribution in [0.3, 0.4) is 0 Å². The lowest BCUT2D eigenvalue weighted by molar-refractivity contribution is 0.0366. The molecule has 2 aliphatic rings. The van der Waals surface area contributed by atoms with Gasteiger partial charge >= 0.3 is 0 Å². The second-order valence-corrected chi connectivity index (χ2v) is 9.06. The normalized spacial score (nSPS) is 16.5. The molecule has 6 nitrogen and oxygen atoms in total. The first-order valence-electron chi connectivity index (χ1n) is 12.1. The molecule has 176 valence electrons. The van der Waals surface area contributed by atoms with Crippen molar-refractivity contribution in [1.29, 1.82) is 0 Å². The molecular weight excluding hydrogens is 438 g/mol. The molecule has 4 heterocycles. The zero-order chi connectivity index (χ0) is 23.8. The summed E-state index contributed by atoms with van der Waals surface area (Å²) in [5.41, 5.74) is 6.60. The average Bonchev–Trinajstić information content (AvgIpc) is 3.12. The van der Waals surface area contributed by atoms with Crippen molar-refractivity contribution in [1.82, 2.24) is 9.58 Å². The van der Waals surface area contributed by atoms with Crippen LogP contribution >= 0.6 is 0 Å². The van der Waals surface area contributed by atoms with E-state index in [4.69, 9.17) is 14.6 Å². The minimum absolute atomic E-state index is 0.0598. The van der Waals surface area contributed by atoms with Crippen LogP contribution in [0.2, 0.25) is 0 Å². The highest BCUT2D eigenvalue weighted by molar-refractivity contribution is 6.03. The van der Waals surface area contributed by atoms with Gasteiger partial charge in [0.1, 0.15) is 5.75 Å². The van der Waals surface area contributed by atoms with E-state index in [2.05, 4.69) is 43.3 Å². The molecular formula is C29H27N3O3. The number of aromatic nitrogens is 1. The lowest BCUT2D eigenvalue weighted by Crippen LogP contribution is -2.37. The monoisotopic (exact) mass is 465 g/mol. The van der Waals surface area contributed by atoms with Gasteiger partial charge in [0.05, 0.1) is 38.4 Å². The molecule has 0 radical (unpaired) electrons. The number of carbonyl (C=O) groups excluding carboxylic acids is 1. The molecule has 2 bridgehead atoms. The summed E-state index contributed by atoms with van der Waals surface area (Å²) >= 11 is 0. The highest BCUT2D eigenvalue weighted by atomic mass is 16.5. The van der Waals surface area contributed by atoms with Crippen LogP contribution in [0.5, 0.6) is 5.75 Å². The number of hydrogen-bond donors (Lipinski definition) is 0. The van der Waals surface area contributed by atoms with Gasteiger partial charge in [0, 0.05) is 22.9 Å². The molecule has 2 aliphatic heterocycles. The maximum absolute atomic E-state index is 13.9. The lowest BCUT2D eigenvalue weighted by atomic mass is 10.00. The van der Waals surface area contributed by atoms with E-state index in [1.54, 1.807) is 4.57 Å². The Morgan fingerprint density at radius 3 is 2.40 bits per heavy atom. The number of rotatable bonds is 3. The Morgan fingerprint density at radius 2 is 1.63 bits per heavy atom. The number of benzene rings is 3. The van der Waals surface area contributed by atoms with Crippen LogP contribution in [0.1, 0.15) is 22.3 Å². The van der Waals surface area contributed by atoms with Crippen molar-refractivity contribution >= 4 is 22.9 Å².